The summed E-state index contributed by atoms with van der Waals surface area (Å²) in [6.45, 7) is 2.52. The fraction of sp³-hybridized carbons (Fsp3) is 0.364. The van der Waals surface area contributed by atoms with E-state index in [1.807, 2.05) is 31.2 Å². The number of anilines is 1. The molecule has 82 valence electrons. The van der Waals surface area contributed by atoms with E-state index in [0.717, 1.165) is 16.6 Å². The molecule has 1 N–H and O–H groups in total. The van der Waals surface area contributed by atoms with Gasteiger partial charge in [0.2, 0.25) is 5.91 Å². The summed E-state index contributed by atoms with van der Waals surface area (Å²) < 4.78 is 5.00. The van der Waals surface area contributed by atoms with Crippen molar-refractivity contribution < 1.29 is 9.53 Å². The molecule has 0 bridgehead atoms. The quantitative estimate of drug-likeness (QED) is 0.836. The summed E-state index contributed by atoms with van der Waals surface area (Å²) in [7, 11) is 0. The number of carbonyl (C=O) groups excluding carboxylic acids is 1. The molecule has 1 aromatic carbocycles. The van der Waals surface area contributed by atoms with Crippen LogP contribution in [-0.2, 0) is 14.9 Å². The average Bonchev–Trinajstić information content (AvgIpc) is 2.26. The largest absolute Gasteiger partial charge is 0.372 e. The summed E-state index contributed by atoms with van der Waals surface area (Å²) in [6.07, 6.45) is 0. The Labute approximate surface area is 97.9 Å². The molecule has 0 aliphatic rings. The van der Waals surface area contributed by atoms with Gasteiger partial charge in [-0.05, 0) is 24.6 Å². The Morgan fingerprint density at radius 2 is 2.33 bits per heavy atom. The molecule has 0 fully saturated rings. The second-order valence-corrected chi connectivity index (χ2v) is 3.58. The van der Waals surface area contributed by atoms with Crippen molar-refractivity contribution in [2.45, 2.75) is 12.3 Å². The first-order chi connectivity index (χ1) is 7.26. The van der Waals surface area contributed by atoms with Crippen LogP contribution in [0.15, 0.2) is 24.3 Å². The molecule has 15 heavy (non-hydrogen) atoms. The van der Waals surface area contributed by atoms with Gasteiger partial charge in [0.25, 0.3) is 0 Å². The van der Waals surface area contributed by atoms with Crippen molar-refractivity contribution >= 4 is 27.5 Å². The lowest BCUT2D eigenvalue weighted by Gasteiger charge is -2.06. The lowest BCUT2D eigenvalue weighted by atomic mass is 10.2. The number of hydrogen-bond donors (Lipinski definition) is 1. The van der Waals surface area contributed by atoms with Crippen LogP contribution in [0.2, 0.25) is 0 Å². The van der Waals surface area contributed by atoms with Crippen LogP contribution in [0, 0.1) is 0 Å². The van der Waals surface area contributed by atoms with Gasteiger partial charge in [-0.2, -0.15) is 0 Å². The van der Waals surface area contributed by atoms with Crippen LogP contribution in [0.5, 0.6) is 0 Å². The fourth-order valence-electron chi connectivity index (χ4n) is 1.12. The zero-order valence-electron chi connectivity index (χ0n) is 8.63. The standard InChI is InChI=1S/C11H14BrNO2/c1-2-15-8-11(14)13-10-5-3-4-9(6-10)7-12/h3-6H,2,7-8H2,1H3,(H,13,14). The lowest BCUT2D eigenvalue weighted by Crippen LogP contribution is -2.18. The number of hydrogen-bond acceptors (Lipinski definition) is 2. The van der Waals surface area contributed by atoms with E-state index in [4.69, 9.17) is 4.74 Å². The highest BCUT2D eigenvalue weighted by Crippen LogP contribution is 2.12. The highest BCUT2D eigenvalue weighted by molar-refractivity contribution is 9.08. The molecule has 1 aromatic rings. The van der Waals surface area contributed by atoms with E-state index in [-0.39, 0.29) is 12.5 Å². The minimum Gasteiger partial charge on any atom is -0.372 e. The summed E-state index contributed by atoms with van der Waals surface area (Å²) in [5.74, 6) is -0.122. The number of benzene rings is 1. The molecule has 0 aliphatic heterocycles. The third-order valence-electron chi connectivity index (χ3n) is 1.80. The van der Waals surface area contributed by atoms with Crippen LogP contribution in [-0.4, -0.2) is 19.1 Å². The molecule has 3 nitrogen and oxygen atoms in total. The van der Waals surface area contributed by atoms with Gasteiger partial charge in [0, 0.05) is 17.6 Å². The van der Waals surface area contributed by atoms with Gasteiger partial charge in [-0.3, -0.25) is 4.79 Å². The summed E-state index contributed by atoms with van der Waals surface area (Å²) in [5.41, 5.74) is 1.93. The first kappa shape index (κ1) is 12.2. The van der Waals surface area contributed by atoms with Crippen LogP contribution in [0.4, 0.5) is 5.69 Å². The van der Waals surface area contributed by atoms with E-state index in [1.165, 1.54) is 0 Å². The summed E-state index contributed by atoms with van der Waals surface area (Å²) in [4.78, 5) is 11.3. The summed E-state index contributed by atoms with van der Waals surface area (Å²) >= 11 is 3.36. The maximum absolute atomic E-state index is 11.3. The molecule has 4 heteroatoms. The predicted octanol–water partition coefficient (Wildman–Crippen LogP) is 2.56. The minimum absolute atomic E-state index is 0.106. The van der Waals surface area contributed by atoms with Crippen molar-refractivity contribution in [2.24, 2.45) is 0 Å². The number of ether oxygens (including phenoxy) is 1. The van der Waals surface area contributed by atoms with Gasteiger partial charge in [0.05, 0.1) is 0 Å². The molecule has 1 rings (SSSR count). The zero-order valence-corrected chi connectivity index (χ0v) is 10.2. The first-order valence-corrected chi connectivity index (χ1v) is 5.91. The molecule has 0 aliphatic carbocycles. The van der Waals surface area contributed by atoms with Gasteiger partial charge in [0.1, 0.15) is 6.61 Å². The van der Waals surface area contributed by atoms with Crippen LogP contribution in [0.3, 0.4) is 0 Å². The molecule has 0 saturated carbocycles. The Hall–Kier alpha value is -0.870. The summed E-state index contributed by atoms with van der Waals surface area (Å²) in [5, 5.41) is 3.55. The Kier molecular flexibility index (Phi) is 5.36. The number of alkyl halides is 1. The van der Waals surface area contributed by atoms with Gasteiger partial charge in [-0.1, -0.05) is 28.1 Å². The normalized spacial score (nSPS) is 10.0. The monoisotopic (exact) mass is 271 g/mol. The van der Waals surface area contributed by atoms with E-state index in [9.17, 15) is 4.79 Å². The highest BCUT2D eigenvalue weighted by atomic mass is 79.9. The van der Waals surface area contributed by atoms with Crippen LogP contribution >= 0.6 is 15.9 Å². The second kappa shape index (κ2) is 6.58. The zero-order chi connectivity index (χ0) is 11.1. The topological polar surface area (TPSA) is 38.3 Å². The molecular weight excluding hydrogens is 258 g/mol. The molecule has 0 atom stereocenters. The number of carbonyl (C=O) groups is 1. The van der Waals surface area contributed by atoms with Crippen molar-refractivity contribution in [3.05, 3.63) is 29.8 Å². The Bertz CT molecular complexity index is 328. The van der Waals surface area contributed by atoms with Gasteiger partial charge < -0.3 is 10.1 Å². The van der Waals surface area contributed by atoms with E-state index < -0.39 is 0 Å². The smallest absolute Gasteiger partial charge is 0.250 e. The molecular formula is C11H14BrNO2. The molecule has 0 aromatic heterocycles. The highest BCUT2D eigenvalue weighted by Gasteiger charge is 2.01. The SMILES string of the molecule is CCOCC(=O)Nc1cccc(CBr)c1. The number of rotatable bonds is 5. The van der Waals surface area contributed by atoms with Crippen LogP contribution in [0.25, 0.3) is 0 Å². The van der Waals surface area contributed by atoms with Gasteiger partial charge in [-0.25, -0.2) is 0 Å². The summed E-state index contributed by atoms with van der Waals surface area (Å²) in [6, 6.07) is 7.69. The second-order valence-electron chi connectivity index (χ2n) is 3.02. The van der Waals surface area contributed by atoms with E-state index >= 15 is 0 Å². The Morgan fingerprint density at radius 3 is 3.00 bits per heavy atom. The van der Waals surface area contributed by atoms with E-state index in [2.05, 4.69) is 21.2 Å². The fourth-order valence-corrected chi connectivity index (χ4v) is 1.47. The number of halogens is 1. The van der Waals surface area contributed by atoms with Crippen molar-refractivity contribution in [1.82, 2.24) is 0 Å². The minimum atomic E-state index is -0.122. The predicted molar refractivity (Wildman–Crippen MR) is 64.2 cm³/mol. The third kappa shape index (κ3) is 4.44. The van der Waals surface area contributed by atoms with Crippen LogP contribution < -0.4 is 5.32 Å². The van der Waals surface area contributed by atoms with Crippen molar-refractivity contribution in [2.75, 3.05) is 18.5 Å². The van der Waals surface area contributed by atoms with Gasteiger partial charge >= 0.3 is 0 Å². The average molecular weight is 272 g/mol. The molecule has 0 unspecified atom stereocenters. The number of nitrogens with one attached hydrogen (secondary N) is 1. The third-order valence-corrected chi connectivity index (χ3v) is 2.45. The molecule has 1 amide bonds. The lowest BCUT2D eigenvalue weighted by molar-refractivity contribution is -0.120. The van der Waals surface area contributed by atoms with Crippen LogP contribution in [0.1, 0.15) is 12.5 Å². The molecule has 0 heterocycles. The number of amides is 1. The Balaban J connectivity index is 2.52. The Morgan fingerprint density at radius 1 is 1.53 bits per heavy atom. The maximum Gasteiger partial charge on any atom is 0.250 e. The maximum atomic E-state index is 11.3. The van der Waals surface area contributed by atoms with Crippen molar-refractivity contribution in [3.8, 4) is 0 Å². The molecule has 0 radical (unpaired) electrons. The van der Waals surface area contributed by atoms with Gasteiger partial charge in [-0.15, -0.1) is 0 Å². The molecule has 0 spiro atoms. The first-order valence-electron chi connectivity index (χ1n) is 4.78. The van der Waals surface area contributed by atoms with E-state index in [1.54, 1.807) is 0 Å². The molecule has 0 saturated heterocycles. The van der Waals surface area contributed by atoms with E-state index in [0.29, 0.717) is 6.61 Å². The van der Waals surface area contributed by atoms with Crippen molar-refractivity contribution in [1.29, 1.82) is 0 Å². The van der Waals surface area contributed by atoms with Crippen molar-refractivity contribution in [3.63, 3.8) is 0 Å². The van der Waals surface area contributed by atoms with Gasteiger partial charge in [0.15, 0.2) is 0 Å².